The van der Waals surface area contributed by atoms with Gasteiger partial charge < -0.3 is 15.5 Å². The van der Waals surface area contributed by atoms with E-state index in [1.807, 2.05) is 0 Å². The van der Waals surface area contributed by atoms with Gasteiger partial charge in [-0.3, -0.25) is 4.79 Å². The molecule has 0 aromatic heterocycles. The molecule has 1 fully saturated rings. The lowest BCUT2D eigenvalue weighted by atomic mass is 10.3. The molecule has 0 unspecified atom stereocenters. The largest absolute Gasteiger partial charge is 0.353 e. The van der Waals surface area contributed by atoms with Gasteiger partial charge in [-0.05, 0) is 24.3 Å². The molecule has 0 radical (unpaired) electrons. The molecule has 1 aliphatic rings. The van der Waals surface area contributed by atoms with E-state index in [0.717, 1.165) is 0 Å². The zero-order chi connectivity index (χ0) is 12.3. The van der Waals surface area contributed by atoms with Crippen LogP contribution in [0.25, 0.3) is 0 Å². The number of halogens is 1. The average molecular weight is 254 g/mol. The number of carbonyl (C=O) groups is 2. The molecule has 6 heteroatoms. The minimum Gasteiger partial charge on any atom is -0.353 e. The Morgan fingerprint density at radius 2 is 2.06 bits per heavy atom. The van der Waals surface area contributed by atoms with Gasteiger partial charge in [-0.2, -0.15) is 0 Å². The van der Waals surface area contributed by atoms with Crippen LogP contribution in [0.4, 0.5) is 10.5 Å². The fraction of sp³-hybridized carbons (Fsp3) is 0.273. The summed E-state index contributed by atoms with van der Waals surface area (Å²) in [6, 6.07) is 6.54. The summed E-state index contributed by atoms with van der Waals surface area (Å²) in [5.74, 6) is -0.137. The Balaban J connectivity index is 1.96. The number of hydrogen-bond acceptors (Lipinski definition) is 2. The number of urea groups is 1. The van der Waals surface area contributed by atoms with E-state index in [0.29, 0.717) is 23.8 Å². The van der Waals surface area contributed by atoms with Crippen LogP contribution in [0.1, 0.15) is 0 Å². The van der Waals surface area contributed by atoms with Crippen LogP contribution >= 0.6 is 11.6 Å². The van der Waals surface area contributed by atoms with Gasteiger partial charge in [0.15, 0.2) is 0 Å². The molecule has 2 N–H and O–H groups in total. The van der Waals surface area contributed by atoms with Gasteiger partial charge in [-0.1, -0.05) is 11.6 Å². The van der Waals surface area contributed by atoms with Crippen molar-refractivity contribution in [2.45, 2.75) is 0 Å². The fourth-order valence-corrected chi connectivity index (χ4v) is 1.67. The van der Waals surface area contributed by atoms with Crippen molar-refractivity contribution in [3.05, 3.63) is 29.3 Å². The highest BCUT2D eigenvalue weighted by molar-refractivity contribution is 6.30. The lowest BCUT2D eigenvalue weighted by Crippen LogP contribution is -2.51. The van der Waals surface area contributed by atoms with E-state index in [4.69, 9.17) is 11.6 Å². The van der Waals surface area contributed by atoms with Crippen LogP contribution in [0.2, 0.25) is 5.02 Å². The summed E-state index contributed by atoms with van der Waals surface area (Å²) in [7, 11) is 0. The molecule has 1 aromatic rings. The molecule has 3 amide bonds. The van der Waals surface area contributed by atoms with E-state index in [1.54, 1.807) is 24.3 Å². The fourth-order valence-electron chi connectivity index (χ4n) is 1.55. The van der Waals surface area contributed by atoms with Gasteiger partial charge in [0.25, 0.3) is 0 Å². The molecule has 0 spiro atoms. The maximum absolute atomic E-state index is 11.8. The van der Waals surface area contributed by atoms with Crippen LogP contribution in [0.5, 0.6) is 0 Å². The van der Waals surface area contributed by atoms with Crippen molar-refractivity contribution in [2.24, 2.45) is 0 Å². The molecule has 90 valence electrons. The summed E-state index contributed by atoms with van der Waals surface area (Å²) >= 11 is 5.74. The van der Waals surface area contributed by atoms with E-state index in [-0.39, 0.29) is 18.5 Å². The summed E-state index contributed by atoms with van der Waals surface area (Å²) in [4.78, 5) is 24.4. The Morgan fingerprint density at radius 1 is 1.35 bits per heavy atom. The molecule has 0 saturated carbocycles. The number of nitrogens with zero attached hydrogens (tertiary/aromatic N) is 1. The maximum Gasteiger partial charge on any atom is 0.322 e. The number of benzene rings is 1. The van der Waals surface area contributed by atoms with E-state index >= 15 is 0 Å². The summed E-state index contributed by atoms with van der Waals surface area (Å²) in [6.07, 6.45) is 0. The third-order valence-corrected chi connectivity index (χ3v) is 2.67. The molecule has 1 heterocycles. The topological polar surface area (TPSA) is 61.4 Å². The number of amides is 3. The molecular formula is C11H12ClN3O2. The molecule has 0 bridgehead atoms. The Morgan fingerprint density at radius 3 is 2.71 bits per heavy atom. The van der Waals surface area contributed by atoms with Crippen molar-refractivity contribution >= 4 is 29.2 Å². The standard InChI is InChI=1S/C11H12ClN3O2/c12-8-1-3-9(4-2-8)14-11(17)15-6-5-13-10(16)7-15/h1-4H,5-7H2,(H,13,16)(H,14,17). The summed E-state index contributed by atoms with van der Waals surface area (Å²) in [6.45, 7) is 1.11. The first-order valence-corrected chi connectivity index (χ1v) is 5.61. The number of piperazine rings is 1. The first-order chi connectivity index (χ1) is 8.15. The van der Waals surface area contributed by atoms with Crippen LogP contribution in [0, 0.1) is 0 Å². The van der Waals surface area contributed by atoms with E-state index in [2.05, 4.69) is 10.6 Å². The van der Waals surface area contributed by atoms with Crippen LogP contribution in [0.15, 0.2) is 24.3 Å². The van der Waals surface area contributed by atoms with Crippen LogP contribution in [0.3, 0.4) is 0 Å². The van der Waals surface area contributed by atoms with Crippen molar-refractivity contribution in [1.82, 2.24) is 10.2 Å². The van der Waals surface area contributed by atoms with E-state index in [1.165, 1.54) is 4.90 Å². The van der Waals surface area contributed by atoms with Crippen LogP contribution < -0.4 is 10.6 Å². The molecule has 5 nitrogen and oxygen atoms in total. The van der Waals surface area contributed by atoms with Crippen molar-refractivity contribution in [3.63, 3.8) is 0 Å². The smallest absolute Gasteiger partial charge is 0.322 e. The van der Waals surface area contributed by atoms with Crippen molar-refractivity contribution in [1.29, 1.82) is 0 Å². The predicted molar refractivity (Wildman–Crippen MR) is 65.1 cm³/mol. The Hall–Kier alpha value is -1.75. The highest BCUT2D eigenvalue weighted by Crippen LogP contribution is 2.13. The number of nitrogens with one attached hydrogen (secondary N) is 2. The molecule has 0 atom stereocenters. The van der Waals surface area contributed by atoms with Crippen LogP contribution in [-0.4, -0.2) is 36.5 Å². The Labute approximate surface area is 104 Å². The number of rotatable bonds is 1. The summed E-state index contributed by atoms with van der Waals surface area (Å²) < 4.78 is 0. The normalized spacial score (nSPS) is 15.4. The minimum absolute atomic E-state index is 0.0966. The number of hydrogen-bond donors (Lipinski definition) is 2. The van der Waals surface area contributed by atoms with Crippen molar-refractivity contribution < 1.29 is 9.59 Å². The van der Waals surface area contributed by atoms with Crippen molar-refractivity contribution in [3.8, 4) is 0 Å². The molecule has 2 rings (SSSR count). The summed E-state index contributed by atoms with van der Waals surface area (Å²) in [5.41, 5.74) is 0.658. The molecule has 1 aliphatic heterocycles. The third kappa shape index (κ3) is 3.10. The SMILES string of the molecule is O=C1CN(C(=O)Nc2ccc(Cl)cc2)CCN1. The predicted octanol–water partition coefficient (Wildman–Crippen LogP) is 1.30. The quantitative estimate of drug-likeness (QED) is 0.793. The van der Waals surface area contributed by atoms with Gasteiger partial charge in [-0.25, -0.2) is 4.79 Å². The Bertz CT molecular complexity index is 433. The average Bonchev–Trinajstić information content (AvgIpc) is 2.32. The van der Waals surface area contributed by atoms with Gasteiger partial charge in [0, 0.05) is 23.8 Å². The zero-order valence-corrected chi connectivity index (χ0v) is 9.83. The second-order valence-electron chi connectivity index (χ2n) is 3.71. The second-order valence-corrected chi connectivity index (χ2v) is 4.14. The van der Waals surface area contributed by atoms with Gasteiger partial charge >= 0.3 is 6.03 Å². The highest BCUT2D eigenvalue weighted by Gasteiger charge is 2.20. The van der Waals surface area contributed by atoms with Crippen molar-refractivity contribution in [2.75, 3.05) is 25.0 Å². The maximum atomic E-state index is 11.8. The van der Waals surface area contributed by atoms with Gasteiger partial charge in [-0.15, -0.1) is 0 Å². The van der Waals surface area contributed by atoms with Gasteiger partial charge in [0.2, 0.25) is 5.91 Å². The number of carbonyl (C=O) groups excluding carboxylic acids is 2. The molecule has 17 heavy (non-hydrogen) atoms. The second kappa shape index (κ2) is 5.05. The molecule has 1 saturated heterocycles. The first kappa shape index (κ1) is 11.7. The Kier molecular flexibility index (Phi) is 3.49. The summed E-state index contributed by atoms with van der Waals surface area (Å²) in [5, 5.41) is 5.98. The molecular weight excluding hydrogens is 242 g/mol. The minimum atomic E-state index is -0.276. The third-order valence-electron chi connectivity index (χ3n) is 2.42. The van der Waals surface area contributed by atoms with Gasteiger partial charge in [0.1, 0.15) is 6.54 Å². The zero-order valence-electron chi connectivity index (χ0n) is 9.07. The van der Waals surface area contributed by atoms with E-state index in [9.17, 15) is 9.59 Å². The monoisotopic (exact) mass is 253 g/mol. The van der Waals surface area contributed by atoms with E-state index < -0.39 is 0 Å². The number of anilines is 1. The van der Waals surface area contributed by atoms with Gasteiger partial charge in [0.05, 0.1) is 0 Å². The first-order valence-electron chi connectivity index (χ1n) is 5.23. The van der Waals surface area contributed by atoms with Crippen LogP contribution in [-0.2, 0) is 4.79 Å². The highest BCUT2D eigenvalue weighted by atomic mass is 35.5. The lowest BCUT2D eigenvalue weighted by molar-refractivity contribution is -0.123. The lowest BCUT2D eigenvalue weighted by Gasteiger charge is -2.26. The molecule has 1 aromatic carbocycles. The molecule has 0 aliphatic carbocycles.